The van der Waals surface area contributed by atoms with Gasteiger partial charge in [-0.3, -0.25) is 14.7 Å². The first-order valence-electron chi connectivity index (χ1n) is 6.73. The number of hydrogen-bond donors (Lipinski definition) is 0. The fourth-order valence-corrected chi connectivity index (χ4v) is 3.52. The van der Waals surface area contributed by atoms with Crippen molar-refractivity contribution in [3.05, 3.63) is 40.4 Å². The van der Waals surface area contributed by atoms with Crippen LogP contribution in [0.4, 0.5) is 0 Å². The van der Waals surface area contributed by atoms with Gasteiger partial charge in [0.05, 0.1) is 4.91 Å². The van der Waals surface area contributed by atoms with Crippen molar-refractivity contribution in [2.24, 2.45) is 12.0 Å². The Morgan fingerprint density at radius 3 is 2.62 bits per heavy atom. The highest BCUT2D eigenvalue weighted by Crippen LogP contribution is 2.34. The van der Waals surface area contributed by atoms with Gasteiger partial charge in [0.25, 0.3) is 5.91 Å². The van der Waals surface area contributed by atoms with Crippen molar-refractivity contribution in [1.82, 2.24) is 9.47 Å². The molecular weight excluding hydrogens is 282 g/mol. The molecule has 1 aromatic heterocycles. The Morgan fingerprint density at radius 2 is 1.95 bits per heavy atom. The molecule has 0 N–H and O–H groups in total. The molecule has 0 spiro atoms. The molecule has 0 aliphatic carbocycles. The average Bonchev–Trinajstić information content (AvgIpc) is 2.91. The van der Waals surface area contributed by atoms with Crippen LogP contribution in [-0.4, -0.2) is 34.6 Å². The standard InChI is InChI=1S/C16H17N3OS/c1-10-12(11-7-5-6-8-13(11)18(10)3)9-14-15(20)19(4)16(17-2)21-14/h5-9H,1-4H3. The molecule has 0 saturated carbocycles. The molecule has 1 aliphatic heterocycles. The molecule has 1 saturated heterocycles. The van der Waals surface area contributed by atoms with E-state index in [4.69, 9.17) is 0 Å². The molecule has 2 aromatic rings. The number of carbonyl (C=O) groups is 1. The number of para-hydroxylation sites is 1. The lowest BCUT2D eigenvalue weighted by Crippen LogP contribution is -2.23. The smallest absolute Gasteiger partial charge is 0.266 e. The number of likely N-dealkylation sites (N-methyl/N-ethyl adjacent to an activating group) is 1. The van der Waals surface area contributed by atoms with Gasteiger partial charge in [0.1, 0.15) is 0 Å². The number of rotatable bonds is 1. The molecular formula is C16H17N3OS. The first-order valence-corrected chi connectivity index (χ1v) is 7.54. The molecule has 108 valence electrons. The van der Waals surface area contributed by atoms with E-state index < -0.39 is 0 Å². The van der Waals surface area contributed by atoms with E-state index in [2.05, 4.69) is 28.6 Å². The Hall–Kier alpha value is -2.01. The van der Waals surface area contributed by atoms with Crippen molar-refractivity contribution >= 4 is 39.8 Å². The molecule has 1 aromatic carbocycles. The molecule has 1 fully saturated rings. The Balaban J connectivity index is 2.17. The molecule has 21 heavy (non-hydrogen) atoms. The highest BCUT2D eigenvalue weighted by atomic mass is 32.2. The van der Waals surface area contributed by atoms with Crippen molar-refractivity contribution in [3.63, 3.8) is 0 Å². The summed E-state index contributed by atoms with van der Waals surface area (Å²) in [6.45, 7) is 2.08. The number of carbonyl (C=O) groups excluding carboxylic acids is 1. The molecule has 5 heteroatoms. The van der Waals surface area contributed by atoms with Crippen molar-refractivity contribution in [2.45, 2.75) is 6.92 Å². The van der Waals surface area contributed by atoms with E-state index in [1.165, 1.54) is 22.7 Å². The van der Waals surface area contributed by atoms with Crippen LogP contribution in [0.15, 0.2) is 34.2 Å². The van der Waals surface area contributed by atoms with Gasteiger partial charge in [-0.25, -0.2) is 0 Å². The normalized spacial score (nSPS) is 19.4. The highest BCUT2D eigenvalue weighted by Gasteiger charge is 2.30. The van der Waals surface area contributed by atoms with Crippen molar-refractivity contribution < 1.29 is 4.79 Å². The van der Waals surface area contributed by atoms with Crippen LogP contribution in [-0.2, 0) is 11.8 Å². The molecule has 4 nitrogen and oxygen atoms in total. The number of aryl methyl sites for hydroxylation is 1. The number of hydrogen-bond acceptors (Lipinski definition) is 3. The Kier molecular flexibility index (Phi) is 3.37. The molecule has 1 aliphatic rings. The van der Waals surface area contributed by atoms with Crippen molar-refractivity contribution in [2.75, 3.05) is 14.1 Å². The third-order valence-electron chi connectivity index (χ3n) is 3.92. The summed E-state index contributed by atoms with van der Waals surface area (Å²) in [6, 6.07) is 8.25. The minimum Gasteiger partial charge on any atom is -0.347 e. The second kappa shape index (κ2) is 5.07. The topological polar surface area (TPSA) is 37.6 Å². The molecule has 0 atom stereocenters. The van der Waals surface area contributed by atoms with Crippen LogP contribution >= 0.6 is 11.8 Å². The molecule has 1 amide bonds. The van der Waals surface area contributed by atoms with Crippen molar-refractivity contribution in [1.29, 1.82) is 0 Å². The summed E-state index contributed by atoms with van der Waals surface area (Å²) in [4.78, 5) is 18.7. The first kappa shape index (κ1) is 13.9. The number of amidine groups is 1. The fraction of sp³-hybridized carbons (Fsp3) is 0.250. The zero-order chi connectivity index (χ0) is 15.1. The number of thioether (sulfide) groups is 1. The SMILES string of the molecule is CN=C1SC(=Cc2c(C)n(C)c3ccccc23)C(=O)N1C. The van der Waals surface area contributed by atoms with E-state index in [-0.39, 0.29) is 5.91 Å². The Bertz CT molecular complexity index is 801. The molecule has 0 radical (unpaired) electrons. The number of aromatic nitrogens is 1. The fourth-order valence-electron chi connectivity index (χ4n) is 2.61. The van der Waals surface area contributed by atoms with E-state index in [1.807, 2.05) is 25.3 Å². The first-order chi connectivity index (χ1) is 10.0. The van der Waals surface area contributed by atoms with Crippen LogP contribution in [0.5, 0.6) is 0 Å². The van der Waals surface area contributed by atoms with Gasteiger partial charge in [-0.05, 0) is 30.8 Å². The summed E-state index contributed by atoms with van der Waals surface area (Å²) in [5, 5.41) is 1.91. The third kappa shape index (κ3) is 2.08. The minimum atomic E-state index is 0.00735. The Morgan fingerprint density at radius 1 is 1.24 bits per heavy atom. The summed E-state index contributed by atoms with van der Waals surface area (Å²) in [5.74, 6) is 0.00735. The van der Waals surface area contributed by atoms with Crippen molar-refractivity contribution in [3.8, 4) is 0 Å². The van der Waals surface area contributed by atoms with Crippen LogP contribution in [0.25, 0.3) is 17.0 Å². The van der Waals surface area contributed by atoms with Crippen LogP contribution in [0.3, 0.4) is 0 Å². The summed E-state index contributed by atoms with van der Waals surface area (Å²) in [7, 11) is 5.51. The average molecular weight is 299 g/mol. The van der Waals surface area contributed by atoms with Crippen LogP contribution in [0.2, 0.25) is 0 Å². The summed E-state index contributed by atoms with van der Waals surface area (Å²) >= 11 is 1.43. The number of fused-ring (bicyclic) bond motifs is 1. The van der Waals surface area contributed by atoms with E-state index >= 15 is 0 Å². The van der Waals surface area contributed by atoms with Gasteiger partial charge in [-0.15, -0.1) is 0 Å². The predicted molar refractivity (Wildman–Crippen MR) is 89.4 cm³/mol. The maximum absolute atomic E-state index is 12.3. The van der Waals surface area contributed by atoms with E-state index in [1.54, 1.807) is 19.0 Å². The number of benzene rings is 1. The van der Waals surface area contributed by atoms with Gasteiger partial charge in [-0.1, -0.05) is 18.2 Å². The lowest BCUT2D eigenvalue weighted by Gasteiger charge is -2.05. The monoisotopic (exact) mass is 299 g/mol. The second-order valence-corrected chi connectivity index (χ2v) is 6.07. The number of amides is 1. The minimum absolute atomic E-state index is 0.00735. The van der Waals surface area contributed by atoms with Gasteiger partial charge in [0.15, 0.2) is 5.17 Å². The number of nitrogens with zero attached hydrogens (tertiary/aromatic N) is 3. The summed E-state index contributed by atoms with van der Waals surface area (Å²) < 4.78 is 2.16. The van der Waals surface area contributed by atoms with Crippen LogP contribution in [0.1, 0.15) is 11.3 Å². The van der Waals surface area contributed by atoms with E-state index in [0.29, 0.717) is 0 Å². The molecule has 3 rings (SSSR count). The van der Waals surface area contributed by atoms with Gasteiger partial charge in [-0.2, -0.15) is 0 Å². The second-order valence-electron chi connectivity index (χ2n) is 5.06. The van der Waals surface area contributed by atoms with E-state index in [0.717, 1.165) is 21.3 Å². The maximum atomic E-state index is 12.3. The third-order valence-corrected chi connectivity index (χ3v) is 5.07. The Labute approximate surface area is 128 Å². The van der Waals surface area contributed by atoms with E-state index in [9.17, 15) is 4.79 Å². The highest BCUT2D eigenvalue weighted by molar-refractivity contribution is 8.18. The van der Waals surface area contributed by atoms with Crippen LogP contribution in [0, 0.1) is 6.92 Å². The quantitative estimate of drug-likeness (QED) is 0.759. The summed E-state index contributed by atoms with van der Waals surface area (Å²) in [6.07, 6.45) is 1.99. The van der Waals surface area contributed by atoms with Gasteiger partial charge in [0.2, 0.25) is 0 Å². The zero-order valence-corrected chi connectivity index (χ0v) is 13.4. The predicted octanol–water partition coefficient (Wildman–Crippen LogP) is 3.02. The largest absolute Gasteiger partial charge is 0.347 e. The van der Waals surface area contributed by atoms with Gasteiger partial charge >= 0.3 is 0 Å². The van der Waals surface area contributed by atoms with Gasteiger partial charge < -0.3 is 4.57 Å². The van der Waals surface area contributed by atoms with Crippen LogP contribution < -0.4 is 0 Å². The lowest BCUT2D eigenvalue weighted by atomic mass is 10.1. The van der Waals surface area contributed by atoms with Gasteiger partial charge in [0, 0.05) is 43.3 Å². The summed E-state index contributed by atoms with van der Waals surface area (Å²) in [5.41, 5.74) is 3.44. The molecule has 0 bridgehead atoms. The molecule has 0 unspecified atom stereocenters. The maximum Gasteiger partial charge on any atom is 0.266 e. The molecule has 2 heterocycles. The number of aliphatic imine (C=N–C) groups is 1. The zero-order valence-electron chi connectivity index (χ0n) is 12.5. The lowest BCUT2D eigenvalue weighted by molar-refractivity contribution is -0.121.